The molecule has 1 atom stereocenters. The molecule has 0 radical (unpaired) electrons. The summed E-state index contributed by atoms with van der Waals surface area (Å²) in [5.41, 5.74) is 9.66. The van der Waals surface area contributed by atoms with Crippen LogP contribution in [0.15, 0.2) is 48.5 Å². The third kappa shape index (κ3) is 3.60. The fourth-order valence-electron chi connectivity index (χ4n) is 2.33. The van der Waals surface area contributed by atoms with Crippen LogP contribution in [0.2, 0.25) is 0 Å². The highest BCUT2D eigenvalue weighted by atomic mass is 16.1. The summed E-state index contributed by atoms with van der Waals surface area (Å²) in [6.07, 6.45) is 0.348. The summed E-state index contributed by atoms with van der Waals surface area (Å²) < 4.78 is 0. The number of benzene rings is 2. The van der Waals surface area contributed by atoms with Crippen molar-refractivity contribution in [2.24, 2.45) is 0 Å². The molecular weight excluding hydrogens is 248 g/mol. The number of rotatable bonds is 4. The van der Waals surface area contributed by atoms with E-state index in [4.69, 9.17) is 5.73 Å². The second-order valence-electron chi connectivity index (χ2n) is 5.07. The van der Waals surface area contributed by atoms with Crippen LogP contribution in [0.5, 0.6) is 0 Å². The van der Waals surface area contributed by atoms with Crippen LogP contribution in [0.4, 0.5) is 5.69 Å². The van der Waals surface area contributed by atoms with Gasteiger partial charge in [0.2, 0.25) is 5.91 Å². The first-order valence-electron chi connectivity index (χ1n) is 6.75. The molecule has 0 bridgehead atoms. The minimum atomic E-state index is 0.00441. The molecule has 20 heavy (non-hydrogen) atoms. The van der Waals surface area contributed by atoms with Crippen LogP contribution >= 0.6 is 0 Å². The van der Waals surface area contributed by atoms with Gasteiger partial charge in [-0.15, -0.1) is 0 Å². The number of hydrogen-bond acceptors (Lipinski definition) is 2. The molecule has 2 aromatic rings. The van der Waals surface area contributed by atoms with Crippen molar-refractivity contribution >= 4 is 11.6 Å². The molecule has 0 aliphatic carbocycles. The Morgan fingerprint density at radius 3 is 2.65 bits per heavy atom. The van der Waals surface area contributed by atoms with Crippen molar-refractivity contribution in [3.63, 3.8) is 0 Å². The lowest BCUT2D eigenvalue weighted by Crippen LogP contribution is -2.28. The number of nitrogens with one attached hydrogen (secondary N) is 1. The zero-order valence-electron chi connectivity index (χ0n) is 11.9. The Morgan fingerprint density at radius 1 is 1.20 bits per heavy atom. The average molecular weight is 268 g/mol. The number of nitrogens with two attached hydrogens (primary N) is 1. The van der Waals surface area contributed by atoms with E-state index in [9.17, 15) is 4.79 Å². The van der Waals surface area contributed by atoms with E-state index >= 15 is 0 Å². The van der Waals surface area contributed by atoms with E-state index in [1.807, 2.05) is 49.4 Å². The molecule has 104 valence electrons. The van der Waals surface area contributed by atoms with Gasteiger partial charge in [-0.25, -0.2) is 0 Å². The van der Waals surface area contributed by atoms with Crippen molar-refractivity contribution in [1.29, 1.82) is 0 Å². The summed E-state index contributed by atoms with van der Waals surface area (Å²) in [4.78, 5) is 12.1. The third-order valence-corrected chi connectivity index (χ3v) is 3.35. The van der Waals surface area contributed by atoms with Gasteiger partial charge in [0, 0.05) is 5.69 Å². The molecular formula is C17H20N2O. The average Bonchev–Trinajstić information content (AvgIpc) is 2.38. The van der Waals surface area contributed by atoms with E-state index in [0.29, 0.717) is 12.1 Å². The Labute approximate surface area is 119 Å². The van der Waals surface area contributed by atoms with E-state index in [0.717, 1.165) is 11.1 Å². The molecule has 0 aliphatic rings. The van der Waals surface area contributed by atoms with Crippen LogP contribution in [0, 0.1) is 6.92 Å². The van der Waals surface area contributed by atoms with Crippen LogP contribution < -0.4 is 11.1 Å². The zero-order chi connectivity index (χ0) is 14.5. The van der Waals surface area contributed by atoms with Crippen LogP contribution in [-0.2, 0) is 11.2 Å². The number of hydrogen-bond donors (Lipinski definition) is 2. The van der Waals surface area contributed by atoms with E-state index in [2.05, 4.69) is 18.3 Å². The van der Waals surface area contributed by atoms with Crippen molar-refractivity contribution < 1.29 is 4.79 Å². The normalized spacial score (nSPS) is 11.9. The van der Waals surface area contributed by atoms with Gasteiger partial charge < -0.3 is 11.1 Å². The maximum atomic E-state index is 12.1. The van der Waals surface area contributed by atoms with Crippen molar-refractivity contribution in [2.75, 3.05) is 5.73 Å². The van der Waals surface area contributed by atoms with Crippen LogP contribution in [0.3, 0.4) is 0 Å². The third-order valence-electron chi connectivity index (χ3n) is 3.35. The Balaban J connectivity index is 2.00. The van der Waals surface area contributed by atoms with Gasteiger partial charge >= 0.3 is 0 Å². The molecule has 0 unspecified atom stereocenters. The molecule has 0 aromatic heterocycles. The van der Waals surface area contributed by atoms with Gasteiger partial charge in [0.15, 0.2) is 0 Å². The molecule has 0 fully saturated rings. The number of anilines is 1. The molecule has 3 N–H and O–H groups in total. The maximum absolute atomic E-state index is 12.1. The summed E-state index contributed by atoms with van der Waals surface area (Å²) in [6, 6.07) is 15.5. The van der Waals surface area contributed by atoms with Gasteiger partial charge in [-0.2, -0.15) is 0 Å². The predicted octanol–water partition coefficient (Wildman–Crippen LogP) is 3.00. The van der Waals surface area contributed by atoms with Crippen molar-refractivity contribution in [1.82, 2.24) is 5.32 Å². The molecule has 1 amide bonds. The molecule has 0 aliphatic heterocycles. The number of nitrogen functional groups attached to an aromatic ring is 1. The second-order valence-corrected chi connectivity index (χ2v) is 5.07. The standard InChI is InChI=1S/C17H20N2O/c1-12-6-3-4-9-16(12)13(2)19-17(20)11-14-7-5-8-15(18)10-14/h3-10,13H,11,18H2,1-2H3,(H,19,20)/t13-/m0/s1. The number of amides is 1. The quantitative estimate of drug-likeness (QED) is 0.837. The topological polar surface area (TPSA) is 55.1 Å². The summed E-state index contributed by atoms with van der Waals surface area (Å²) in [7, 11) is 0. The number of aryl methyl sites for hydroxylation is 1. The second kappa shape index (κ2) is 6.24. The first-order valence-corrected chi connectivity index (χ1v) is 6.75. The zero-order valence-corrected chi connectivity index (χ0v) is 11.9. The summed E-state index contributed by atoms with van der Waals surface area (Å²) in [5.74, 6) is 0.00588. The highest BCUT2D eigenvalue weighted by molar-refractivity contribution is 5.79. The van der Waals surface area contributed by atoms with E-state index in [1.165, 1.54) is 5.56 Å². The van der Waals surface area contributed by atoms with Crippen molar-refractivity contribution in [3.05, 3.63) is 65.2 Å². The minimum Gasteiger partial charge on any atom is -0.399 e. The lowest BCUT2D eigenvalue weighted by Gasteiger charge is -2.16. The minimum absolute atomic E-state index is 0.00441. The molecule has 3 heteroatoms. The first-order chi connectivity index (χ1) is 9.56. The lowest BCUT2D eigenvalue weighted by molar-refractivity contribution is -0.121. The highest BCUT2D eigenvalue weighted by Gasteiger charge is 2.11. The molecule has 0 saturated heterocycles. The Kier molecular flexibility index (Phi) is 4.41. The van der Waals surface area contributed by atoms with Crippen molar-refractivity contribution in [2.45, 2.75) is 26.3 Å². The number of carbonyl (C=O) groups excluding carboxylic acids is 1. The van der Waals surface area contributed by atoms with E-state index < -0.39 is 0 Å². The van der Waals surface area contributed by atoms with Gasteiger partial charge in [0.05, 0.1) is 12.5 Å². The maximum Gasteiger partial charge on any atom is 0.224 e. The Hall–Kier alpha value is -2.29. The molecule has 0 spiro atoms. The van der Waals surface area contributed by atoms with Gasteiger partial charge in [0.25, 0.3) is 0 Å². The van der Waals surface area contributed by atoms with Crippen LogP contribution in [0.25, 0.3) is 0 Å². The van der Waals surface area contributed by atoms with Crippen LogP contribution in [0.1, 0.15) is 29.7 Å². The number of carbonyl (C=O) groups is 1. The molecule has 0 heterocycles. The molecule has 2 aromatic carbocycles. The summed E-state index contributed by atoms with van der Waals surface area (Å²) in [6.45, 7) is 4.05. The molecule has 3 nitrogen and oxygen atoms in total. The summed E-state index contributed by atoms with van der Waals surface area (Å²) in [5, 5.41) is 3.03. The van der Waals surface area contributed by atoms with Gasteiger partial charge in [-0.05, 0) is 42.7 Å². The monoisotopic (exact) mass is 268 g/mol. The molecule has 2 rings (SSSR count). The van der Waals surface area contributed by atoms with E-state index in [-0.39, 0.29) is 11.9 Å². The van der Waals surface area contributed by atoms with E-state index in [1.54, 1.807) is 0 Å². The van der Waals surface area contributed by atoms with Gasteiger partial charge in [-0.1, -0.05) is 36.4 Å². The SMILES string of the molecule is Cc1ccccc1[C@H](C)NC(=O)Cc1cccc(N)c1. The van der Waals surface area contributed by atoms with Crippen molar-refractivity contribution in [3.8, 4) is 0 Å². The smallest absolute Gasteiger partial charge is 0.224 e. The van der Waals surface area contributed by atoms with Gasteiger partial charge in [-0.3, -0.25) is 4.79 Å². The van der Waals surface area contributed by atoms with Gasteiger partial charge in [0.1, 0.15) is 0 Å². The Bertz CT molecular complexity index is 607. The lowest BCUT2D eigenvalue weighted by atomic mass is 10.0. The van der Waals surface area contributed by atoms with Crippen LogP contribution in [-0.4, -0.2) is 5.91 Å². The molecule has 0 saturated carbocycles. The Morgan fingerprint density at radius 2 is 1.95 bits per heavy atom. The summed E-state index contributed by atoms with van der Waals surface area (Å²) >= 11 is 0. The fraction of sp³-hybridized carbons (Fsp3) is 0.235. The fourth-order valence-corrected chi connectivity index (χ4v) is 2.33. The predicted molar refractivity (Wildman–Crippen MR) is 82.3 cm³/mol. The first kappa shape index (κ1) is 14.1. The largest absolute Gasteiger partial charge is 0.399 e. The highest BCUT2D eigenvalue weighted by Crippen LogP contribution is 2.17.